The summed E-state index contributed by atoms with van der Waals surface area (Å²) in [6.45, 7) is 4.33. The lowest BCUT2D eigenvalue weighted by molar-refractivity contribution is 0.0528. The van der Waals surface area contributed by atoms with Gasteiger partial charge in [0, 0.05) is 7.11 Å². The molecule has 0 saturated heterocycles. The Morgan fingerprint density at radius 3 is 2.47 bits per heavy atom. The van der Waals surface area contributed by atoms with Crippen LogP contribution in [0.25, 0.3) is 0 Å². The predicted molar refractivity (Wildman–Crippen MR) is 71.2 cm³/mol. The van der Waals surface area contributed by atoms with Gasteiger partial charge in [0.1, 0.15) is 0 Å². The zero-order valence-corrected chi connectivity index (χ0v) is 11.3. The summed E-state index contributed by atoms with van der Waals surface area (Å²) >= 11 is 0. The Kier molecular flexibility index (Phi) is 3.85. The highest BCUT2D eigenvalue weighted by Gasteiger charge is 2.37. The van der Waals surface area contributed by atoms with Crippen molar-refractivity contribution in [3.8, 4) is 0 Å². The van der Waals surface area contributed by atoms with Crippen LogP contribution in [-0.4, -0.2) is 20.3 Å². The first-order chi connectivity index (χ1) is 8.17. The van der Waals surface area contributed by atoms with Gasteiger partial charge in [0.15, 0.2) is 0 Å². The van der Waals surface area contributed by atoms with Gasteiger partial charge in [-0.3, -0.25) is 0 Å². The van der Waals surface area contributed by atoms with Crippen LogP contribution in [0.5, 0.6) is 0 Å². The van der Waals surface area contributed by atoms with Gasteiger partial charge in [-0.2, -0.15) is 0 Å². The largest absolute Gasteiger partial charge is 0.379 e. The molecule has 2 atom stereocenters. The van der Waals surface area contributed by atoms with E-state index in [4.69, 9.17) is 4.74 Å². The van der Waals surface area contributed by atoms with E-state index in [1.54, 1.807) is 0 Å². The molecule has 1 N–H and O–H groups in total. The minimum absolute atomic E-state index is 0.307. The molecule has 0 amide bonds. The van der Waals surface area contributed by atoms with E-state index in [-0.39, 0.29) is 0 Å². The van der Waals surface area contributed by atoms with E-state index in [0.29, 0.717) is 12.1 Å². The molecule has 0 aromatic heterocycles. The summed E-state index contributed by atoms with van der Waals surface area (Å²) in [5, 5.41) is 3.43. The number of benzene rings is 1. The van der Waals surface area contributed by atoms with Crippen LogP contribution in [-0.2, 0) is 4.74 Å². The molecule has 0 spiro atoms. The molecule has 94 valence electrons. The Hall–Kier alpha value is -0.860. The van der Waals surface area contributed by atoms with Crippen LogP contribution in [0, 0.1) is 19.8 Å². The number of rotatable bonds is 5. The minimum atomic E-state index is 0.307. The standard InChI is InChI=1S/C15H23NO/c1-10-5-8-13(11(2)9-10)14(16-3)15(17-4)12-6-7-12/h5,8-9,12,14-16H,6-7H2,1-4H3. The van der Waals surface area contributed by atoms with Gasteiger partial charge in [-0.1, -0.05) is 23.8 Å². The molecule has 0 aliphatic heterocycles. The molecule has 1 aromatic carbocycles. The highest BCUT2D eigenvalue weighted by atomic mass is 16.5. The fourth-order valence-corrected chi connectivity index (χ4v) is 2.70. The lowest BCUT2D eigenvalue weighted by Crippen LogP contribution is -2.33. The van der Waals surface area contributed by atoms with Crippen LogP contribution in [0.15, 0.2) is 18.2 Å². The van der Waals surface area contributed by atoms with Crippen molar-refractivity contribution in [3.05, 3.63) is 34.9 Å². The molecule has 17 heavy (non-hydrogen) atoms. The summed E-state index contributed by atoms with van der Waals surface area (Å²) in [5.74, 6) is 0.734. The molecule has 1 aliphatic carbocycles. The van der Waals surface area contributed by atoms with Crippen molar-refractivity contribution >= 4 is 0 Å². The van der Waals surface area contributed by atoms with Gasteiger partial charge in [-0.25, -0.2) is 0 Å². The summed E-state index contributed by atoms with van der Waals surface area (Å²) in [7, 11) is 3.86. The van der Waals surface area contributed by atoms with E-state index in [2.05, 4.69) is 37.4 Å². The average molecular weight is 233 g/mol. The van der Waals surface area contributed by atoms with Gasteiger partial charge < -0.3 is 10.1 Å². The van der Waals surface area contributed by atoms with Gasteiger partial charge in [-0.05, 0) is 50.8 Å². The summed E-state index contributed by atoms with van der Waals surface area (Å²) in [6, 6.07) is 6.99. The molecular formula is C15H23NO. The number of hydrogen-bond acceptors (Lipinski definition) is 2. The number of nitrogens with one attached hydrogen (secondary N) is 1. The summed E-state index contributed by atoms with van der Waals surface area (Å²) in [4.78, 5) is 0. The fourth-order valence-electron chi connectivity index (χ4n) is 2.70. The second-order valence-electron chi connectivity index (χ2n) is 5.16. The van der Waals surface area contributed by atoms with Crippen LogP contribution in [0.1, 0.15) is 35.6 Å². The quantitative estimate of drug-likeness (QED) is 0.844. The third-order valence-electron chi connectivity index (χ3n) is 3.76. The van der Waals surface area contributed by atoms with Crippen LogP contribution in [0.3, 0.4) is 0 Å². The number of ether oxygens (including phenoxy) is 1. The maximum atomic E-state index is 5.70. The lowest BCUT2D eigenvalue weighted by Gasteiger charge is -2.27. The van der Waals surface area contributed by atoms with Crippen molar-refractivity contribution in [1.29, 1.82) is 0 Å². The monoisotopic (exact) mass is 233 g/mol. The normalized spacial score (nSPS) is 19.1. The second kappa shape index (κ2) is 5.19. The number of methoxy groups -OCH3 is 1. The Bertz CT molecular complexity index is 385. The Morgan fingerprint density at radius 2 is 2.00 bits per heavy atom. The van der Waals surface area contributed by atoms with Crippen LogP contribution in [0.4, 0.5) is 0 Å². The van der Waals surface area contributed by atoms with Gasteiger partial charge in [0.2, 0.25) is 0 Å². The Morgan fingerprint density at radius 1 is 1.29 bits per heavy atom. The SMILES string of the molecule is CNC(c1ccc(C)cc1C)C(OC)C1CC1. The first kappa shape index (κ1) is 12.6. The molecule has 2 rings (SSSR count). The van der Waals surface area contributed by atoms with Crippen LogP contribution in [0.2, 0.25) is 0 Å². The Balaban J connectivity index is 2.26. The highest BCUT2D eigenvalue weighted by molar-refractivity contribution is 5.33. The molecule has 2 unspecified atom stereocenters. The number of aryl methyl sites for hydroxylation is 2. The van der Waals surface area contributed by atoms with Crippen molar-refractivity contribution in [3.63, 3.8) is 0 Å². The molecule has 0 bridgehead atoms. The van der Waals surface area contributed by atoms with Gasteiger partial charge in [0.25, 0.3) is 0 Å². The molecule has 1 fully saturated rings. The van der Waals surface area contributed by atoms with Crippen LogP contribution < -0.4 is 5.32 Å². The minimum Gasteiger partial charge on any atom is -0.379 e. The number of hydrogen-bond donors (Lipinski definition) is 1. The van der Waals surface area contributed by atoms with Gasteiger partial charge in [0.05, 0.1) is 12.1 Å². The average Bonchev–Trinajstić information content (AvgIpc) is 3.11. The first-order valence-corrected chi connectivity index (χ1v) is 6.44. The van der Waals surface area contributed by atoms with Crippen molar-refractivity contribution < 1.29 is 4.74 Å². The fraction of sp³-hybridized carbons (Fsp3) is 0.600. The van der Waals surface area contributed by atoms with E-state index in [9.17, 15) is 0 Å². The van der Waals surface area contributed by atoms with E-state index in [1.807, 2.05) is 14.2 Å². The molecule has 1 aromatic rings. The van der Waals surface area contributed by atoms with E-state index in [0.717, 1.165) is 5.92 Å². The van der Waals surface area contributed by atoms with Crippen molar-refractivity contribution in [1.82, 2.24) is 5.32 Å². The third kappa shape index (κ3) is 2.70. The summed E-state index contributed by atoms with van der Waals surface area (Å²) in [5.41, 5.74) is 4.05. The van der Waals surface area contributed by atoms with Crippen LogP contribution >= 0.6 is 0 Å². The molecule has 0 radical (unpaired) electrons. The van der Waals surface area contributed by atoms with Crippen molar-refractivity contribution in [2.75, 3.05) is 14.2 Å². The second-order valence-corrected chi connectivity index (χ2v) is 5.16. The maximum absolute atomic E-state index is 5.70. The molecular weight excluding hydrogens is 210 g/mol. The molecule has 0 heterocycles. The molecule has 1 saturated carbocycles. The van der Waals surface area contributed by atoms with Gasteiger partial charge >= 0.3 is 0 Å². The van der Waals surface area contributed by atoms with Crippen molar-refractivity contribution in [2.24, 2.45) is 5.92 Å². The summed E-state index contributed by atoms with van der Waals surface area (Å²) in [6.07, 6.45) is 2.92. The third-order valence-corrected chi connectivity index (χ3v) is 3.76. The van der Waals surface area contributed by atoms with Crippen molar-refractivity contribution in [2.45, 2.75) is 38.8 Å². The molecule has 2 nitrogen and oxygen atoms in total. The zero-order valence-electron chi connectivity index (χ0n) is 11.3. The molecule has 2 heteroatoms. The zero-order chi connectivity index (χ0) is 12.4. The van der Waals surface area contributed by atoms with E-state index in [1.165, 1.54) is 29.5 Å². The first-order valence-electron chi connectivity index (χ1n) is 6.44. The molecule has 1 aliphatic rings. The van der Waals surface area contributed by atoms with E-state index < -0.39 is 0 Å². The lowest BCUT2D eigenvalue weighted by atomic mass is 9.93. The van der Waals surface area contributed by atoms with E-state index >= 15 is 0 Å². The summed E-state index contributed by atoms with van der Waals surface area (Å²) < 4.78 is 5.70. The Labute approximate surface area is 104 Å². The van der Waals surface area contributed by atoms with Gasteiger partial charge in [-0.15, -0.1) is 0 Å². The topological polar surface area (TPSA) is 21.3 Å². The smallest absolute Gasteiger partial charge is 0.0794 e. The predicted octanol–water partition coefficient (Wildman–Crippen LogP) is 2.99. The maximum Gasteiger partial charge on any atom is 0.0794 e. The highest BCUT2D eigenvalue weighted by Crippen LogP contribution is 2.40. The number of likely N-dealkylation sites (N-methyl/N-ethyl adjacent to an activating group) is 1.